The van der Waals surface area contributed by atoms with Crippen LogP contribution in [0.5, 0.6) is 0 Å². The number of anilines is 1. The molecule has 0 unspecified atom stereocenters. The Bertz CT molecular complexity index is 522. The number of carboxylic acids is 1. The molecule has 0 fully saturated rings. The van der Waals surface area contributed by atoms with E-state index in [2.05, 4.69) is 10.1 Å². The summed E-state index contributed by atoms with van der Waals surface area (Å²) in [7, 11) is 0. The summed E-state index contributed by atoms with van der Waals surface area (Å²) in [6.07, 6.45) is 0. The molecule has 1 aromatic rings. The van der Waals surface area contributed by atoms with Gasteiger partial charge in [0.05, 0.1) is 5.56 Å². The highest BCUT2D eigenvalue weighted by atomic mass is 16.5. The molecule has 0 aliphatic carbocycles. The second kappa shape index (κ2) is 6.98. The molecule has 0 atom stereocenters. The number of carbonyl (C=O) groups is 2. The van der Waals surface area contributed by atoms with Gasteiger partial charge in [0.1, 0.15) is 6.61 Å². The lowest BCUT2D eigenvalue weighted by molar-refractivity contribution is -0.136. The van der Waals surface area contributed by atoms with Gasteiger partial charge in [-0.25, -0.2) is 9.59 Å². The minimum Gasteiger partial charge on any atom is -0.478 e. The van der Waals surface area contributed by atoms with Gasteiger partial charge in [0.15, 0.2) is 6.07 Å². The number of nitrogens with zero attached hydrogens (tertiary/aromatic N) is 1. The summed E-state index contributed by atoms with van der Waals surface area (Å²) < 4.78 is 4.55. The van der Waals surface area contributed by atoms with Crippen LogP contribution in [-0.4, -0.2) is 30.2 Å². The van der Waals surface area contributed by atoms with Crippen molar-refractivity contribution in [3.8, 4) is 6.07 Å². The van der Waals surface area contributed by atoms with E-state index in [0.29, 0.717) is 11.3 Å². The Morgan fingerprint density at radius 3 is 2.79 bits per heavy atom. The first-order valence-electron chi connectivity index (χ1n) is 5.46. The van der Waals surface area contributed by atoms with E-state index in [9.17, 15) is 9.59 Å². The van der Waals surface area contributed by atoms with Gasteiger partial charge in [0.2, 0.25) is 0 Å². The number of nitrogens with one attached hydrogen (secondary N) is 1. The van der Waals surface area contributed by atoms with Crippen LogP contribution in [-0.2, 0) is 16.1 Å². The summed E-state index contributed by atoms with van der Waals surface area (Å²) in [6, 6.07) is 6.06. The SMILES string of the molecule is N#CC(=O)OCCNc1cccc(C(=O)O)c1CN. The Balaban J connectivity index is 2.68. The third-order valence-electron chi connectivity index (χ3n) is 2.35. The van der Waals surface area contributed by atoms with Crippen LogP contribution in [0.1, 0.15) is 15.9 Å². The zero-order valence-electron chi connectivity index (χ0n) is 10.0. The number of aromatic carboxylic acids is 1. The first-order chi connectivity index (χ1) is 9.10. The summed E-state index contributed by atoms with van der Waals surface area (Å²) in [5.41, 5.74) is 6.70. The molecular formula is C12H13N3O4. The number of esters is 1. The van der Waals surface area contributed by atoms with Gasteiger partial charge in [0.25, 0.3) is 0 Å². The number of nitrogens with two attached hydrogens (primary N) is 1. The van der Waals surface area contributed by atoms with Crippen LogP contribution in [0, 0.1) is 11.3 Å². The predicted molar refractivity (Wildman–Crippen MR) is 66.4 cm³/mol. The molecule has 0 radical (unpaired) electrons. The maximum atomic E-state index is 11.0. The molecule has 7 heteroatoms. The summed E-state index contributed by atoms with van der Waals surface area (Å²) >= 11 is 0. The third kappa shape index (κ3) is 3.97. The van der Waals surface area contributed by atoms with E-state index in [-0.39, 0.29) is 25.3 Å². The van der Waals surface area contributed by atoms with Gasteiger partial charge in [-0.1, -0.05) is 6.07 Å². The van der Waals surface area contributed by atoms with Crippen molar-refractivity contribution in [2.45, 2.75) is 6.54 Å². The van der Waals surface area contributed by atoms with Crippen LogP contribution in [0.2, 0.25) is 0 Å². The zero-order chi connectivity index (χ0) is 14.3. The fourth-order valence-corrected chi connectivity index (χ4v) is 1.53. The van der Waals surface area contributed by atoms with Crippen molar-refractivity contribution in [2.24, 2.45) is 5.73 Å². The number of nitriles is 1. The lowest BCUT2D eigenvalue weighted by atomic mass is 10.1. The van der Waals surface area contributed by atoms with E-state index in [1.165, 1.54) is 12.1 Å². The van der Waals surface area contributed by atoms with Crippen LogP contribution in [0.15, 0.2) is 18.2 Å². The molecule has 0 heterocycles. The summed E-state index contributed by atoms with van der Waals surface area (Å²) in [6.45, 7) is 0.333. The van der Waals surface area contributed by atoms with Crippen molar-refractivity contribution in [3.63, 3.8) is 0 Å². The van der Waals surface area contributed by atoms with Crippen molar-refractivity contribution >= 4 is 17.6 Å². The van der Waals surface area contributed by atoms with Gasteiger partial charge < -0.3 is 20.9 Å². The molecule has 4 N–H and O–H groups in total. The number of carbonyl (C=O) groups excluding carboxylic acids is 1. The highest BCUT2D eigenvalue weighted by Crippen LogP contribution is 2.19. The molecule has 0 amide bonds. The van der Waals surface area contributed by atoms with Crippen molar-refractivity contribution in [1.82, 2.24) is 0 Å². The number of hydrogen-bond donors (Lipinski definition) is 3. The van der Waals surface area contributed by atoms with Gasteiger partial charge in [-0.3, -0.25) is 0 Å². The molecule has 100 valence electrons. The molecular weight excluding hydrogens is 250 g/mol. The smallest absolute Gasteiger partial charge is 0.411 e. The Morgan fingerprint density at radius 2 is 2.21 bits per heavy atom. The molecule has 0 bridgehead atoms. The van der Waals surface area contributed by atoms with Crippen molar-refractivity contribution in [2.75, 3.05) is 18.5 Å². The lowest BCUT2D eigenvalue weighted by Gasteiger charge is -2.12. The topological polar surface area (TPSA) is 125 Å². The summed E-state index contributed by atoms with van der Waals surface area (Å²) in [5.74, 6) is -2.01. The number of benzene rings is 1. The Morgan fingerprint density at radius 1 is 1.47 bits per heavy atom. The average Bonchev–Trinajstić information content (AvgIpc) is 2.42. The quantitative estimate of drug-likeness (QED) is 0.383. The Labute approximate surface area is 109 Å². The molecule has 0 saturated carbocycles. The van der Waals surface area contributed by atoms with Crippen LogP contribution < -0.4 is 11.1 Å². The van der Waals surface area contributed by atoms with E-state index in [4.69, 9.17) is 16.1 Å². The van der Waals surface area contributed by atoms with Gasteiger partial charge >= 0.3 is 11.9 Å². The molecule has 0 aliphatic heterocycles. The third-order valence-corrected chi connectivity index (χ3v) is 2.35. The largest absolute Gasteiger partial charge is 0.478 e. The monoisotopic (exact) mass is 263 g/mol. The van der Waals surface area contributed by atoms with Crippen molar-refractivity contribution in [1.29, 1.82) is 5.26 Å². The second-order valence-corrected chi connectivity index (χ2v) is 3.52. The minimum absolute atomic E-state index is 0.00764. The molecule has 7 nitrogen and oxygen atoms in total. The zero-order valence-corrected chi connectivity index (χ0v) is 10.0. The first kappa shape index (κ1) is 14.5. The predicted octanol–water partition coefficient (Wildman–Crippen LogP) is 0.322. The normalized spacial score (nSPS) is 9.47. The van der Waals surface area contributed by atoms with Crippen molar-refractivity contribution < 1.29 is 19.4 Å². The molecule has 0 aliphatic rings. The second-order valence-electron chi connectivity index (χ2n) is 3.52. The van der Waals surface area contributed by atoms with E-state index >= 15 is 0 Å². The lowest BCUT2D eigenvalue weighted by Crippen LogP contribution is -2.16. The van der Waals surface area contributed by atoms with Crippen LogP contribution in [0.25, 0.3) is 0 Å². The van der Waals surface area contributed by atoms with Crippen LogP contribution >= 0.6 is 0 Å². The summed E-state index contributed by atoms with van der Waals surface area (Å²) in [5, 5.41) is 20.1. The number of rotatable bonds is 6. The standard InChI is InChI=1S/C12H13N3O4/c13-6-9-8(12(17)18)2-1-3-10(9)15-4-5-19-11(16)7-14/h1-3,15H,4-6,13H2,(H,17,18). The Hall–Kier alpha value is -2.59. The van der Waals surface area contributed by atoms with Gasteiger partial charge in [0, 0.05) is 24.3 Å². The highest BCUT2D eigenvalue weighted by molar-refractivity contribution is 5.91. The van der Waals surface area contributed by atoms with Gasteiger partial charge in [-0.15, -0.1) is 0 Å². The van der Waals surface area contributed by atoms with Crippen LogP contribution in [0.4, 0.5) is 5.69 Å². The van der Waals surface area contributed by atoms with Crippen molar-refractivity contribution in [3.05, 3.63) is 29.3 Å². The van der Waals surface area contributed by atoms with Crippen LogP contribution in [0.3, 0.4) is 0 Å². The molecule has 1 rings (SSSR count). The maximum Gasteiger partial charge on any atom is 0.411 e. The maximum absolute atomic E-state index is 11.0. The molecule has 0 spiro atoms. The number of carboxylic acid groups (broad SMARTS) is 1. The highest BCUT2D eigenvalue weighted by Gasteiger charge is 2.12. The van der Waals surface area contributed by atoms with E-state index in [1.54, 1.807) is 12.1 Å². The fourth-order valence-electron chi connectivity index (χ4n) is 1.53. The minimum atomic E-state index is -1.06. The molecule has 0 saturated heterocycles. The molecule has 1 aromatic carbocycles. The number of ether oxygens (including phenoxy) is 1. The fraction of sp³-hybridized carbons (Fsp3) is 0.250. The van der Waals surface area contributed by atoms with Gasteiger partial charge in [-0.2, -0.15) is 5.26 Å². The van der Waals surface area contributed by atoms with E-state index < -0.39 is 11.9 Å². The first-order valence-corrected chi connectivity index (χ1v) is 5.46. The van der Waals surface area contributed by atoms with E-state index in [0.717, 1.165) is 0 Å². The average molecular weight is 263 g/mol. The van der Waals surface area contributed by atoms with Gasteiger partial charge in [-0.05, 0) is 12.1 Å². The summed E-state index contributed by atoms with van der Waals surface area (Å²) in [4.78, 5) is 21.6. The molecule has 0 aromatic heterocycles. The number of hydrogen-bond acceptors (Lipinski definition) is 6. The van der Waals surface area contributed by atoms with E-state index in [1.807, 2.05) is 0 Å². The molecule has 19 heavy (non-hydrogen) atoms. The Kier molecular flexibility index (Phi) is 5.32.